The van der Waals surface area contributed by atoms with Gasteiger partial charge in [0.15, 0.2) is 3.77 Å². The SMILES string of the molecule is CCOC(=O)/C(C#N)=C/c1cc(Br)c(I)o1. The molecule has 0 unspecified atom stereocenters. The van der Waals surface area contributed by atoms with Gasteiger partial charge in [-0.1, -0.05) is 0 Å². The Labute approximate surface area is 115 Å². The number of nitriles is 1. The number of carbonyl (C=O) groups is 1. The molecule has 6 heteroatoms. The molecule has 1 aromatic rings. The van der Waals surface area contributed by atoms with E-state index >= 15 is 0 Å². The minimum Gasteiger partial charge on any atom is -0.462 e. The van der Waals surface area contributed by atoms with E-state index < -0.39 is 5.97 Å². The van der Waals surface area contributed by atoms with Crippen LogP contribution in [-0.2, 0) is 9.53 Å². The first-order valence-corrected chi connectivity index (χ1v) is 6.19. The van der Waals surface area contributed by atoms with Crippen LogP contribution in [0, 0.1) is 15.1 Å². The number of hydrogen-bond donors (Lipinski definition) is 0. The van der Waals surface area contributed by atoms with Crippen LogP contribution in [0.5, 0.6) is 0 Å². The molecule has 0 N–H and O–H groups in total. The summed E-state index contributed by atoms with van der Waals surface area (Å²) in [5.74, 6) is -0.214. The van der Waals surface area contributed by atoms with E-state index in [0.29, 0.717) is 9.53 Å². The molecule has 4 nitrogen and oxygen atoms in total. The summed E-state index contributed by atoms with van der Waals surface area (Å²) in [6.07, 6.45) is 1.35. The minimum absolute atomic E-state index is 0.0838. The standard InChI is InChI=1S/C10H7BrINO3/c1-2-15-10(14)6(5-13)3-7-4-8(11)9(12)16-7/h3-4H,2H2,1H3/b6-3+. The first-order valence-electron chi connectivity index (χ1n) is 4.32. The summed E-state index contributed by atoms with van der Waals surface area (Å²) in [5.41, 5.74) is -0.0838. The van der Waals surface area contributed by atoms with E-state index in [9.17, 15) is 4.79 Å². The highest BCUT2D eigenvalue weighted by Gasteiger charge is 2.12. The highest BCUT2D eigenvalue weighted by Crippen LogP contribution is 2.24. The molecule has 16 heavy (non-hydrogen) atoms. The van der Waals surface area contributed by atoms with Crippen molar-refractivity contribution >= 4 is 50.6 Å². The Morgan fingerprint density at radius 3 is 2.94 bits per heavy atom. The average molecular weight is 396 g/mol. The zero-order valence-corrected chi connectivity index (χ0v) is 12.0. The fraction of sp³-hybridized carbons (Fsp3) is 0.200. The van der Waals surface area contributed by atoms with Gasteiger partial charge in [0.25, 0.3) is 0 Å². The summed E-state index contributed by atoms with van der Waals surface area (Å²) < 4.78 is 11.4. The topological polar surface area (TPSA) is 63.2 Å². The second-order valence-corrected chi connectivity index (χ2v) is 4.49. The van der Waals surface area contributed by atoms with Crippen molar-refractivity contribution in [2.24, 2.45) is 0 Å². The molecule has 0 amide bonds. The number of nitrogens with zero attached hydrogens (tertiary/aromatic N) is 1. The summed E-state index contributed by atoms with van der Waals surface area (Å²) in [7, 11) is 0. The average Bonchev–Trinajstić information content (AvgIpc) is 2.55. The Bertz CT molecular complexity index is 453. The lowest BCUT2D eigenvalue weighted by Gasteiger charge is -1.97. The van der Waals surface area contributed by atoms with Crippen molar-refractivity contribution in [2.75, 3.05) is 6.61 Å². The molecule has 1 heterocycles. The van der Waals surface area contributed by atoms with Crippen LogP contribution in [0.2, 0.25) is 0 Å². The molecule has 0 aliphatic carbocycles. The van der Waals surface area contributed by atoms with Gasteiger partial charge in [-0.05, 0) is 28.9 Å². The van der Waals surface area contributed by atoms with Gasteiger partial charge in [-0.25, -0.2) is 4.79 Å². The quantitative estimate of drug-likeness (QED) is 0.341. The van der Waals surface area contributed by atoms with Crippen molar-refractivity contribution in [3.05, 3.63) is 25.6 Å². The van der Waals surface area contributed by atoms with Crippen molar-refractivity contribution in [2.45, 2.75) is 6.92 Å². The molecule has 0 bridgehead atoms. The molecule has 84 valence electrons. The van der Waals surface area contributed by atoms with E-state index in [1.807, 2.05) is 22.6 Å². The van der Waals surface area contributed by atoms with Crippen LogP contribution in [0.3, 0.4) is 0 Å². The third-order valence-electron chi connectivity index (χ3n) is 1.57. The summed E-state index contributed by atoms with van der Waals surface area (Å²) in [6.45, 7) is 1.91. The van der Waals surface area contributed by atoms with Crippen LogP contribution in [0.4, 0.5) is 0 Å². The molecule has 1 rings (SSSR count). The monoisotopic (exact) mass is 395 g/mol. The van der Waals surface area contributed by atoms with Gasteiger partial charge in [-0.3, -0.25) is 0 Å². The highest BCUT2D eigenvalue weighted by atomic mass is 127. The number of furan rings is 1. The summed E-state index contributed by atoms with van der Waals surface area (Å²) in [5, 5.41) is 8.79. The summed E-state index contributed by atoms with van der Waals surface area (Å²) in [6, 6.07) is 3.45. The number of ether oxygens (including phenoxy) is 1. The Kier molecular flexibility index (Phi) is 5.02. The van der Waals surface area contributed by atoms with Gasteiger partial charge in [0.2, 0.25) is 0 Å². The predicted molar refractivity (Wildman–Crippen MR) is 69.3 cm³/mol. The van der Waals surface area contributed by atoms with Crippen LogP contribution in [0.25, 0.3) is 6.08 Å². The molecule has 0 saturated carbocycles. The molecule has 0 fully saturated rings. The largest absolute Gasteiger partial charge is 0.462 e. The molecular formula is C10H7BrINO3. The predicted octanol–water partition coefficient (Wildman–Crippen LogP) is 3.12. The Morgan fingerprint density at radius 2 is 2.50 bits per heavy atom. The van der Waals surface area contributed by atoms with Crippen LogP contribution in [0.15, 0.2) is 20.5 Å². The maximum atomic E-state index is 11.3. The zero-order chi connectivity index (χ0) is 12.1. The number of rotatable bonds is 3. The normalized spacial score (nSPS) is 11.0. The maximum Gasteiger partial charge on any atom is 0.349 e. The van der Waals surface area contributed by atoms with Crippen molar-refractivity contribution < 1.29 is 13.9 Å². The Morgan fingerprint density at radius 1 is 1.81 bits per heavy atom. The van der Waals surface area contributed by atoms with Gasteiger partial charge < -0.3 is 9.15 Å². The molecule has 0 aliphatic rings. The van der Waals surface area contributed by atoms with Gasteiger partial charge in [0.05, 0.1) is 11.1 Å². The smallest absolute Gasteiger partial charge is 0.349 e. The lowest BCUT2D eigenvalue weighted by molar-refractivity contribution is -0.137. The van der Waals surface area contributed by atoms with Crippen LogP contribution in [-0.4, -0.2) is 12.6 Å². The molecular weight excluding hydrogens is 389 g/mol. The third kappa shape index (κ3) is 3.35. The van der Waals surface area contributed by atoms with Gasteiger partial charge in [0.1, 0.15) is 17.4 Å². The van der Waals surface area contributed by atoms with E-state index in [1.54, 1.807) is 19.1 Å². The van der Waals surface area contributed by atoms with E-state index in [4.69, 9.17) is 14.4 Å². The van der Waals surface area contributed by atoms with E-state index in [1.165, 1.54) is 6.08 Å². The lowest BCUT2D eigenvalue weighted by atomic mass is 10.2. The van der Waals surface area contributed by atoms with Crippen molar-refractivity contribution in [3.63, 3.8) is 0 Å². The Hall–Kier alpha value is -0.810. The van der Waals surface area contributed by atoms with Crippen LogP contribution < -0.4 is 0 Å². The maximum absolute atomic E-state index is 11.3. The number of halogens is 2. The van der Waals surface area contributed by atoms with Crippen molar-refractivity contribution in [1.82, 2.24) is 0 Å². The fourth-order valence-electron chi connectivity index (χ4n) is 0.922. The van der Waals surface area contributed by atoms with Gasteiger partial charge in [0, 0.05) is 28.7 Å². The summed E-state index contributed by atoms with van der Waals surface area (Å²) in [4.78, 5) is 11.3. The van der Waals surface area contributed by atoms with E-state index in [-0.39, 0.29) is 12.2 Å². The molecule has 0 aromatic carbocycles. The minimum atomic E-state index is -0.646. The fourth-order valence-corrected chi connectivity index (χ4v) is 1.64. The number of hydrogen-bond acceptors (Lipinski definition) is 4. The highest BCUT2D eigenvalue weighted by molar-refractivity contribution is 14.1. The lowest BCUT2D eigenvalue weighted by Crippen LogP contribution is -2.05. The first kappa shape index (κ1) is 13.3. The van der Waals surface area contributed by atoms with Crippen molar-refractivity contribution in [1.29, 1.82) is 5.26 Å². The molecule has 0 radical (unpaired) electrons. The summed E-state index contributed by atoms with van der Waals surface area (Å²) >= 11 is 5.26. The van der Waals surface area contributed by atoms with Crippen molar-refractivity contribution in [3.8, 4) is 6.07 Å². The molecule has 0 saturated heterocycles. The Balaban J connectivity index is 2.97. The van der Waals surface area contributed by atoms with Crippen LogP contribution in [0.1, 0.15) is 12.7 Å². The molecule has 0 spiro atoms. The zero-order valence-electron chi connectivity index (χ0n) is 8.29. The van der Waals surface area contributed by atoms with Gasteiger partial charge in [-0.15, -0.1) is 0 Å². The van der Waals surface area contributed by atoms with Gasteiger partial charge in [-0.2, -0.15) is 5.26 Å². The van der Waals surface area contributed by atoms with E-state index in [0.717, 1.165) is 4.47 Å². The van der Waals surface area contributed by atoms with Crippen LogP contribution >= 0.6 is 38.5 Å². The first-order chi connectivity index (χ1) is 7.58. The molecule has 1 aromatic heterocycles. The number of esters is 1. The molecule has 0 atom stereocenters. The van der Waals surface area contributed by atoms with Gasteiger partial charge >= 0.3 is 5.97 Å². The second kappa shape index (κ2) is 6.06. The second-order valence-electron chi connectivity index (χ2n) is 2.66. The van der Waals surface area contributed by atoms with E-state index in [2.05, 4.69) is 15.9 Å². The number of carbonyl (C=O) groups excluding carboxylic acids is 1. The third-order valence-corrected chi connectivity index (χ3v) is 3.70. The molecule has 0 aliphatic heterocycles.